The minimum absolute atomic E-state index is 0. The van der Waals surface area contributed by atoms with Crippen LogP contribution in [0, 0.1) is 0 Å². The Bertz CT molecular complexity index is 449. The Kier molecular flexibility index (Phi) is 8.56. The summed E-state index contributed by atoms with van der Waals surface area (Å²) in [5, 5.41) is 3.61. The standard InChI is InChI=1S/C15H22ClN3O2.ClH/c1-17-12-15(20)19-8-6-18(7-9-19)10-11-21-14-4-2-13(16)3-5-14;/h2-5,17H,6-12H2,1H3;1H. The second kappa shape index (κ2) is 9.90. The van der Waals surface area contributed by atoms with Gasteiger partial charge in [0.1, 0.15) is 12.4 Å². The van der Waals surface area contributed by atoms with Crippen LogP contribution >= 0.6 is 24.0 Å². The summed E-state index contributed by atoms with van der Waals surface area (Å²) in [6.07, 6.45) is 0. The number of hydrogen-bond donors (Lipinski definition) is 1. The molecule has 1 aliphatic heterocycles. The Hall–Kier alpha value is -1.01. The maximum atomic E-state index is 11.7. The molecule has 0 spiro atoms. The fourth-order valence-corrected chi connectivity index (χ4v) is 2.43. The van der Waals surface area contributed by atoms with Crippen molar-refractivity contribution >= 4 is 29.9 Å². The van der Waals surface area contributed by atoms with E-state index in [0.29, 0.717) is 18.2 Å². The molecule has 1 saturated heterocycles. The summed E-state index contributed by atoms with van der Waals surface area (Å²) >= 11 is 5.83. The molecule has 1 amide bonds. The molecule has 1 N–H and O–H groups in total. The molecule has 7 heteroatoms. The second-order valence-electron chi connectivity index (χ2n) is 5.06. The first-order valence-electron chi connectivity index (χ1n) is 7.22. The molecule has 0 aromatic heterocycles. The van der Waals surface area contributed by atoms with Crippen LogP contribution in [0.1, 0.15) is 0 Å². The van der Waals surface area contributed by atoms with E-state index >= 15 is 0 Å². The normalized spacial score (nSPS) is 15.3. The van der Waals surface area contributed by atoms with Gasteiger partial charge in [-0.1, -0.05) is 11.6 Å². The van der Waals surface area contributed by atoms with Crippen LogP contribution in [-0.2, 0) is 4.79 Å². The smallest absolute Gasteiger partial charge is 0.236 e. The first-order chi connectivity index (χ1) is 10.2. The first kappa shape index (κ1) is 19.0. The number of carbonyl (C=O) groups excluding carboxylic acids is 1. The van der Waals surface area contributed by atoms with Gasteiger partial charge in [0.2, 0.25) is 5.91 Å². The van der Waals surface area contributed by atoms with E-state index in [1.807, 2.05) is 29.2 Å². The van der Waals surface area contributed by atoms with E-state index in [9.17, 15) is 4.79 Å². The Morgan fingerprint density at radius 3 is 2.45 bits per heavy atom. The molecule has 124 valence electrons. The lowest BCUT2D eigenvalue weighted by Gasteiger charge is -2.34. The summed E-state index contributed by atoms with van der Waals surface area (Å²) < 4.78 is 5.69. The number of hydrogen-bond acceptors (Lipinski definition) is 4. The van der Waals surface area contributed by atoms with Crippen molar-refractivity contribution in [1.29, 1.82) is 0 Å². The highest BCUT2D eigenvalue weighted by Crippen LogP contribution is 2.15. The molecule has 22 heavy (non-hydrogen) atoms. The fraction of sp³-hybridized carbons (Fsp3) is 0.533. The molecule has 0 unspecified atom stereocenters. The van der Waals surface area contributed by atoms with E-state index in [-0.39, 0.29) is 18.3 Å². The monoisotopic (exact) mass is 347 g/mol. The quantitative estimate of drug-likeness (QED) is 0.847. The Morgan fingerprint density at radius 2 is 1.86 bits per heavy atom. The van der Waals surface area contributed by atoms with Gasteiger partial charge in [0.15, 0.2) is 0 Å². The van der Waals surface area contributed by atoms with Gasteiger partial charge in [-0.05, 0) is 31.3 Å². The van der Waals surface area contributed by atoms with Gasteiger partial charge in [0.05, 0.1) is 6.54 Å². The van der Waals surface area contributed by atoms with Crippen molar-refractivity contribution in [3.05, 3.63) is 29.3 Å². The van der Waals surface area contributed by atoms with Crippen molar-refractivity contribution in [2.24, 2.45) is 0 Å². The molecule has 2 rings (SSSR count). The molecule has 5 nitrogen and oxygen atoms in total. The third-order valence-corrected chi connectivity index (χ3v) is 3.79. The number of halogens is 2. The van der Waals surface area contributed by atoms with Crippen molar-refractivity contribution in [3.8, 4) is 5.75 Å². The Morgan fingerprint density at radius 1 is 1.23 bits per heavy atom. The molecule has 1 fully saturated rings. The van der Waals surface area contributed by atoms with E-state index in [0.717, 1.165) is 38.5 Å². The molecule has 1 aromatic carbocycles. The van der Waals surface area contributed by atoms with Gasteiger partial charge in [-0.15, -0.1) is 12.4 Å². The number of piperazine rings is 1. The summed E-state index contributed by atoms with van der Waals surface area (Å²) in [5.41, 5.74) is 0. The van der Waals surface area contributed by atoms with E-state index in [2.05, 4.69) is 10.2 Å². The zero-order valence-corrected chi connectivity index (χ0v) is 14.3. The molecule has 1 heterocycles. The minimum Gasteiger partial charge on any atom is -0.492 e. The molecule has 0 bridgehead atoms. The highest BCUT2D eigenvalue weighted by Gasteiger charge is 2.20. The number of carbonyl (C=O) groups is 1. The van der Waals surface area contributed by atoms with Crippen molar-refractivity contribution in [3.63, 3.8) is 0 Å². The maximum Gasteiger partial charge on any atom is 0.236 e. The summed E-state index contributed by atoms with van der Waals surface area (Å²) in [6, 6.07) is 7.39. The average Bonchev–Trinajstić information content (AvgIpc) is 2.50. The van der Waals surface area contributed by atoms with Gasteiger partial charge in [-0.2, -0.15) is 0 Å². The topological polar surface area (TPSA) is 44.8 Å². The molecular weight excluding hydrogens is 325 g/mol. The average molecular weight is 348 g/mol. The lowest BCUT2D eigenvalue weighted by atomic mass is 10.3. The predicted molar refractivity (Wildman–Crippen MR) is 91.1 cm³/mol. The van der Waals surface area contributed by atoms with Crippen LogP contribution in [0.5, 0.6) is 5.75 Å². The molecule has 0 atom stereocenters. The van der Waals surface area contributed by atoms with Crippen molar-refractivity contribution < 1.29 is 9.53 Å². The van der Waals surface area contributed by atoms with Gasteiger partial charge in [-0.3, -0.25) is 9.69 Å². The zero-order valence-electron chi connectivity index (χ0n) is 12.8. The SMILES string of the molecule is CNCC(=O)N1CCN(CCOc2ccc(Cl)cc2)CC1.Cl. The van der Waals surface area contributed by atoms with Crippen LogP contribution < -0.4 is 10.1 Å². The van der Waals surface area contributed by atoms with Crippen molar-refractivity contribution in [2.45, 2.75) is 0 Å². The highest BCUT2D eigenvalue weighted by molar-refractivity contribution is 6.30. The largest absolute Gasteiger partial charge is 0.492 e. The van der Waals surface area contributed by atoms with E-state index in [1.165, 1.54) is 0 Å². The fourth-order valence-electron chi connectivity index (χ4n) is 2.31. The minimum atomic E-state index is 0. The molecule has 0 radical (unpaired) electrons. The lowest BCUT2D eigenvalue weighted by molar-refractivity contribution is -0.131. The summed E-state index contributed by atoms with van der Waals surface area (Å²) in [7, 11) is 1.79. The maximum absolute atomic E-state index is 11.7. The molecule has 1 aromatic rings. The number of likely N-dealkylation sites (N-methyl/N-ethyl adjacent to an activating group) is 1. The van der Waals surface area contributed by atoms with Gasteiger partial charge in [0, 0.05) is 37.7 Å². The third-order valence-electron chi connectivity index (χ3n) is 3.54. The number of amides is 1. The van der Waals surface area contributed by atoms with Crippen LogP contribution in [-0.4, -0.2) is 68.6 Å². The van der Waals surface area contributed by atoms with E-state index in [1.54, 1.807) is 7.05 Å². The van der Waals surface area contributed by atoms with Gasteiger partial charge < -0.3 is 15.0 Å². The molecular formula is C15H23Cl2N3O2. The molecule has 1 aliphatic rings. The van der Waals surface area contributed by atoms with Gasteiger partial charge in [-0.25, -0.2) is 0 Å². The summed E-state index contributed by atoms with van der Waals surface area (Å²) in [6.45, 7) is 5.32. The third kappa shape index (κ3) is 6.01. The molecule has 0 aliphatic carbocycles. The Labute approximate surface area is 143 Å². The lowest BCUT2D eigenvalue weighted by Crippen LogP contribution is -2.51. The van der Waals surface area contributed by atoms with E-state index < -0.39 is 0 Å². The number of nitrogens with zero attached hydrogens (tertiary/aromatic N) is 2. The van der Waals surface area contributed by atoms with Crippen molar-refractivity contribution in [1.82, 2.24) is 15.1 Å². The first-order valence-corrected chi connectivity index (χ1v) is 7.60. The van der Waals surface area contributed by atoms with Gasteiger partial charge in [0.25, 0.3) is 0 Å². The number of rotatable bonds is 6. The number of nitrogens with one attached hydrogen (secondary N) is 1. The van der Waals surface area contributed by atoms with Gasteiger partial charge >= 0.3 is 0 Å². The predicted octanol–water partition coefficient (Wildman–Crippen LogP) is 1.50. The van der Waals surface area contributed by atoms with Crippen LogP contribution in [0.15, 0.2) is 24.3 Å². The zero-order chi connectivity index (χ0) is 15.1. The highest BCUT2D eigenvalue weighted by atomic mass is 35.5. The number of benzene rings is 1. The second-order valence-corrected chi connectivity index (χ2v) is 5.49. The van der Waals surface area contributed by atoms with Crippen LogP contribution in [0.25, 0.3) is 0 Å². The Balaban J connectivity index is 0.00000242. The summed E-state index contributed by atoms with van der Waals surface area (Å²) in [4.78, 5) is 16.0. The van der Waals surface area contributed by atoms with Crippen LogP contribution in [0.4, 0.5) is 0 Å². The van der Waals surface area contributed by atoms with Crippen molar-refractivity contribution in [2.75, 3.05) is 52.9 Å². The van der Waals surface area contributed by atoms with E-state index in [4.69, 9.17) is 16.3 Å². The number of ether oxygens (including phenoxy) is 1. The summed E-state index contributed by atoms with van der Waals surface area (Å²) in [5.74, 6) is 1.01. The molecule has 0 saturated carbocycles. The van der Waals surface area contributed by atoms with Crippen LogP contribution in [0.2, 0.25) is 5.02 Å². The van der Waals surface area contributed by atoms with Crippen LogP contribution in [0.3, 0.4) is 0 Å².